The second kappa shape index (κ2) is 11.1. The summed E-state index contributed by atoms with van der Waals surface area (Å²) >= 11 is 0. The van der Waals surface area contributed by atoms with Crippen LogP contribution in [-0.2, 0) is 9.59 Å². The molecule has 1 heterocycles. The van der Waals surface area contributed by atoms with Crippen molar-refractivity contribution >= 4 is 11.8 Å². The van der Waals surface area contributed by atoms with E-state index in [4.69, 9.17) is 9.47 Å². The van der Waals surface area contributed by atoms with Crippen LogP contribution in [0.5, 0.6) is 11.5 Å². The van der Waals surface area contributed by atoms with Gasteiger partial charge in [-0.25, -0.2) is 0 Å². The number of hydrogen-bond donors (Lipinski definition) is 1. The van der Waals surface area contributed by atoms with Crippen molar-refractivity contribution in [3.63, 3.8) is 0 Å². The fraction of sp³-hybridized carbons (Fsp3) is 0.652. The highest BCUT2D eigenvalue weighted by atomic mass is 16.5. The molecule has 6 nitrogen and oxygen atoms in total. The number of hydrogen-bond acceptors (Lipinski definition) is 4. The number of ether oxygens (including phenoxy) is 2. The minimum absolute atomic E-state index is 0.00359. The number of rotatable bonds is 8. The van der Waals surface area contributed by atoms with E-state index in [1.54, 1.807) is 0 Å². The predicted molar refractivity (Wildman–Crippen MR) is 112 cm³/mol. The van der Waals surface area contributed by atoms with Crippen LogP contribution in [0.4, 0.5) is 0 Å². The first-order chi connectivity index (χ1) is 14.2. The topological polar surface area (TPSA) is 67.9 Å². The molecule has 160 valence electrons. The van der Waals surface area contributed by atoms with Gasteiger partial charge in [0.2, 0.25) is 5.91 Å². The number of nitrogens with zero attached hydrogens (tertiary/aromatic N) is 1. The van der Waals surface area contributed by atoms with E-state index >= 15 is 0 Å². The van der Waals surface area contributed by atoms with E-state index in [-0.39, 0.29) is 24.5 Å². The number of benzene rings is 1. The summed E-state index contributed by atoms with van der Waals surface area (Å²) in [5.41, 5.74) is 0. The highest BCUT2D eigenvalue weighted by Gasteiger charge is 2.29. The lowest BCUT2D eigenvalue weighted by atomic mass is 9.87. The van der Waals surface area contributed by atoms with Crippen LogP contribution in [0.1, 0.15) is 58.3 Å². The number of piperidine rings is 1. The van der Waals surface area contributed by atoms with Crippen LogP contribution in [-0.4, -0.2) is 49.1 Å². The third-order valence-electron chi connectivity index (χ3n) is 5.79. The Balaban J connectivity index is 1.34. The zero-order valence-electron chi connectivity index (χ0n) is 17.5. The molecule has 1 aromatic carbocycles. The van der Waals surface area contributed by atoms with E-state index in [9.17, 15) is 9.59 Å². The Morgan fingerprint density at radius 3 is 2.21 bits per heavy atom. The maximum absolute atomic E-state index is 12.6. The highest BCUT2D eigenvalue weighted by Crippen LogP contribution is 2.26. The SMILES string of the molecule is CCCOc1ccc(OCC(=O)NC2CCN(C(=O)C3CCCCC3)CC2)cc1. The lowest BCUT2D eigenvalue weighted by Crippen LogP contribution is -2.49. The predicted octanol–water partition coefficient (Wildman–Crippen LogP) is 3.54. The molecule has 0 radical (unpaired) electrons. The first-order valence-electron chi connectivity index (χ1n) is 11.1. The Labute approximate surface area is 173 Å². The van der Waals surface area contributed by atoms with E-state index in [0.29, 0.717) is 18.3 Å². The Kier molecular flexibility index (Phi) is 8.20. The van der Waals surface area contributed by atoms with Crippen LogP contribution in [0.3, 0.4) is 0 Å². The van der Waals surface area contributed by atoms with Gasteiger partial charge in [-0.3, -0.25) is 9.59 Å². The van der Waals surface area contributed by atoms with Crippen LogP contribution in [0, 0.1) is 5.92 Å². The van der Waals surface area contributed by atoms with E-state index in [2.05, 4.69) is 12.2 Å². The van der Waals surface area contributed by atoms with Gasteiger partial charge in [0.05, 0.1) is 6.61 Å². The monoisotopic (exact) mass is 402 g/mol. The third-order valence-corrected chi connectivity index (χ3v) is 5.79. The molecule has 2 fully saturated rings. The van der Waals surface area contributed by atoms with Crippen LogP contribution < -0.4 is 14.8 Å². The van der Waals surface area contributed by atoms with Gasteiger partial charge >= 0.3 is 0 Å². The van der Waals surface area contributed by atoms with Gasteiger partial charge < -0.3 is 19.7 Å². The zero-order chi connectivity index (χ0) is 20.5. The van der Waals surface area contributed by atoms with Gasteiger partial charge in [0.15, 0.2) is 6.61 Å². The summed E-state index contributed by atoms with van der Waals surface area (Å²) in [6, 6.07) is 7.44. The number of likely N-dealkylation sites (tertiary alicyclic amines) is 1. The Morgan fingerprint density at radius 1 is 0.966 bits per heavy atom. The number of nitrogens with one attached hydrogen (secondary N) is 1. The summed E-state index contributed by atoms with van der Waals surface area (Å²) in [6.45, 7) is 4.22. The smallest absolute Gasteiger partial charge is 0.258 e. The van der Waals surface area contributed by atoms with Gasteiger partial charge in [0.1, 0.15) is 11.5 Å². The number of amides is 2. The number of carbonyl (C=O) groups excluding carboxylic acids is 2. The van der Waals surface area contributed by atoms with Crippen molar-refractivity contribution in [2.75, 3.05) is 26.3 Å². The number of carbonyl (C=O) groups is 2. The molecule has 6 heteroatoms. The first-order valence-corrected chi connectivity index (χ1v) is 11.1. The largest absolute Gasteiger partial charge is 0.494 e. The van der Waals surface area contributed by atoms with Crippen LogP contribution in [0.2, 0.25) is 0 Å². The second-order valence-corrected chi connectivity index (χ2v) is 8.11. The fourth-order valence-corrected chi connectivity index (χ4v) is 4.12. The molecule has 1 saturated heterocycles. The molecule has 1 N–H and O–H groups in total. The molecule has 2 aliphatic rings. The van der Waals surface area contributed by atoms with E-state index in [0.717, 1.165) is 50.9 Å². The zero-order valence-corrected chi connectivity index (χ0v) is 17.5. The second-order valence-electron chi connectivity index (χ2n) is 8.11. The summed E-state index contributed by atoms with van der Waals surface area (Å²) < 4.78 is 11.1. The molecule has 0 bridgehead atoms. The van der Waals surface area contributed by atoms with Gasteiger partial charge in [-0.2, -0.15) is 0 Å². The lowest BCUT2D eigenvalue weighted by molar-refractivity contribution is -0.137. The van der Waals surface area contributed by atoms with Crippen molar-refractivity contribution in [1.82, 2.24) is 10.2 Å². The van der Waals surface area contributed by atoms with Crippen molar-refractivity contribution in [3.05, 3.63) is 24.3 Å². The van der Waals surface area contributed by atoms with Crippen molar-refractivity contribution < 1.29 is 19.1 Å². The average molecular weight is 403 g/mol. The van der Waals surface area contributed by atoms with Crippen molar-refractivity contribution in [2.24, 2.45) is 5.92 Å². The van der Waals surface area contributed by atoms with Crippen molar-refractivity contribution in [3.8, 4) is 11.5 Å². The molecule has 0 aromatic heterocycles. The average Bonchev–Trinajstić information content (AvgIpc) is 2.77. The molecule has 29 heavy (non-hydrogen) atoms. The van der Waals surface area contributed by atoms with Gasteiger partial charge in [0, 0.05) is 25.0 Å². The summed E-state index contributed by atoms with van der Waals surface area (Å²) in [4.78, 5) is 26.8. The quantitative estimate of drug-likeness (QED) is 0.722. The fourth-order valence-electron chi connectivity index (χ4n) is 4.12. The minimum Gasteiger partial charge on any atom is -0.494 e. The summed E-state index contributed by atoms with van der Waals surface area (Å²) in [5.74, 6) is 1.88. The maximum atomic E-state index is 12.6. The Hall–Kier alpha value is -2.24. The molecule has 1 aromatic rings. The summed E-state index contributed by atoms with van der Waals surface area (Å²) in [6.07, 6.45) is 8.29. The van der Waals surface area contributed by atoms with Crippen LogP contribution >= 0.6 is 0 Å². The van der Waals surface area contributed by atoms with E-state index < -0.39 is 0 Å². The Bertz CT molecular complexity index is 647. The minimum atomic E-state index is -0.117. The molecule has 3 rings (SSSR count). The molecular weight excluding hydrogens is 368 g/mol. The summed E-state index contributed by atoms with van der Waals surface area (Å²) in [5, 5.41) is 3.04. The standard InChI is InChI=1S/C23H34N2O4/c1-2-16-28-20-8-10-21(11-9-20)29-17-22(26)24-19-12-14-25(15-13-19)23(27)18-6-4-3-5-7-18/h8-11,18-19H,2-7,12-17H2,1H3,(H,24,26). The summed E-state index contributed by atoms with van der Waals surface area (Å²) in [7, 11) is 0. The van der Waals surface area contributed by atoms with Crippen LogP contribution in [0.15, 0.2) is 24.3 Å². The lowest BCUT2D eigenvalue weighted by Gasteiger charge is -2.35. The molecular formula is C23H34N2O4. The molecule has 0 unspecified atom stereocenters. The first kappa shape index (κ1) is 21.5. The van der Waals surface area contributed by atoms with E-state index in [1.807, 2.05) is 29.2 Å². The molecule has 1 aliphatic carbocycles. The molecule has 1 aliphatic heterocycles. The normalized spacial score (nSPS) is 18.3. The highest BCUT2D eigenvalue weighted by molar-refractivity contribution is 5.79. The third kappa shape index (κ3) is 6.65. The van der Waals surface area contributed by atoms with Crippen molar-refractivity contribution in [1.29, 1.82) is 0 Å². The molecule has 2 amide bonds. The van der Waals surface area contributed by atoms with Gasteiger partial charge in [-0.15, -0.1) is 0 Å². The molecule has 1 saturated carbocycles. The van der Waals surface area contributed by atoms with Crippen molar-refractivity contribution in [2.45, 2.75) is 64.3 Å². The molecule has 0 atom stereocenters. The Morgan fingerprint density at radius 2 is 1.59 bits per heavy atom. The van der Waals surface area contributed by atoms with Gasteiger partial charge in [0.25, 0.3) is 5.91 Å². The van der Waals surface area contributed by atoms with E-state index in [1.165, 1.54) is 19.3 Å². The van der Waals surface area contributed by atoms with Crippen LogP contribution in [0.25, 0.3) is 0 Å². The maximum Gasteiger partial charge on any atom is 0.258 e. The van der Waals surface area contributed by atoms with Gasteiger partial charge in [-0.05, 0) is 56.4 Å². The molecule has 0 spiro atoms. The van der Waals surface area contributed by atoms with Gasteiger partial charge in [-0.1, -0.05) is 26.2 Å².